The molecular formula is C47H43Cl5N8O8. The molecule has 0 saturated heterocycles. The van der Waals surface area contributed by atoms with E-state index in [9.17, 15) is 28.8 Å². The summed E-state index contributed by atoms with van der Waals surface area (Å²) in [6, 6.07) is 19.8. The number of hydrogen-bond donors (Lipinski definition) is 4. The van der Waals surface area contributed by atoms with Gasteiger partial charge in [0, 0.05) is 52.5 Å². The van der Waals surface area contributed by atoms with Crippen LogP contribution in [0.4, 0.5) is 34.1 Å². The number of hydrogen-bond acceptors (Lipinski definition) is 12. The molecule has 354 valence electrons. The number of methoxy groups -OCH3 is 2. The fraction of sp³-hybridized carbons (Fsp3) is 0.234. The van der Waals surface area contributed by atoms with Crippen LogP contribution in [0.1, 0.15) is 51.3 Å². The Balaban J connectivity index is 1.24. The van der Waals surface area contributed by atoms with Crippen LogP contribution in [0.25, 0.3) is 0 Å². The maximum absolute atomic E-state index is 13.4. The number of ketones is 2. The summed E-state index contributed by atoms with van der Waals surface area (Å²) in [5.41, 5.74) is 3.68. The molecule has 0 fully saturated rings. The number of nitrogens with zero attached hydrogens (tertiary/aromatic N) is 4. The highest BCUT2D eigenvalue weighted by atomic mass is 35.5. The van der Waals surface area contributed by atoms with Crippen molar-refractivity contribution in [3.63, 3.8) is 0 Å². The van der Waals surface area contributed by atoms with E-state index in [0.717, 1.165) is 25.0 Å². The lowest BCUT2D eigenvalue weighted by Gasteiger charge is -2.15. The van der Waals surface area contributed by atoms with E-state index in [0.29, 0.717) is 53.0 Å². The number of carbonyl (C=O) groups excluding carboxylic acids is 6. The number of rotatable bonds is 21. The smallest absolute Gasteiger partial charge is 0.258 e. The van der Waals surface area contributed by atoms with Crippen molar-refractivity contribution in [2.45, 2.75) is 44.7 Å². The van der Waals surface area contributed by atoms with Gasteiger partial charge in [0.25, 0.3) is 23.6 Å². The topological polar surface area (TPSA) is 218 Å². The molecule has 5 aromatic rings. The van der Waals surface area contributed by atoms with E-state index in [1.807, 2.05) is 0 Å². The third kappa shape index (κ3) is 14.1. The van der Waals surface area contributed by atoms with E-state index in [4.69, 9.17) is 67.5 Å². The molecule has 16 nitrogen and oxygen atoms in total. The van der Waals surface area contributed by atoms with E-state index in [2.05, 4.69) is 41.7 Å². The van der Waals surface area contributed by atoms with Gasteiger partial charge in [0.05, 0.1) is 46.8 Å². The van der Waals surface area contributed by atoms with E-state index in [1.54, 1.807) is 36.4 Å². The molecule has 2 unspecified atom stereocenters. The van der Waals surface area contributed by atoms with Crippen LogP contribution in [-0.2, 0) is 37.9 Å². The number of anilines is 4. The van der Waals surface area contributed by atoms with Gasteiger partial charge in [-0.05, 0) is 110 Å². The Morgan fingerprint density at radius 3 is 1.37 bits per heavy atom. The van der Waals surface area contributed by atoms with Gasteiger partial charge in [0.1, 0.15) is 11.5 Å². The van der Waals surface area contributed by atoms with Crippen LogP contribution in [0.5, 0.6) is 11.5 Å². The molecular weight excluding hydrogens is 982 g/mol. The molecule has 0 aromatic heterocycles. The fourth-order valence-electron chi connectivity index (χ4n) is 6.36. The zero-order valence-corrected chi connectivity index (χ0v) is 40.6. The molecule has 5 aromatic carbocycles. The number of alkyl halides is 3. The van der Waals surface area contributed by atoms with Crippen LogP contribution in [0, 0.1) is 0 Å². The van der Waals surface area contributed by atoms with Crippen molar-refractivity contribution in [1.29, 1.82) is 0 Å². The standard InChI is InChI=1S/C47H43Cl5N8O8/c1-25(61)42(59-57-33-9-12-37(51)35(20-33)44(63)53-31-7-5-27(15-17-48)40(22-31)67-3)46(65)55-30-11-14-39(29(19-30)24-50)56-47(66)43(26(2)62)60-58-34-10-13-38(52)36(21-34)45(64)54-32-8-6-28(16-18-49)41(23-32)68-4/h5-14,19-23,42-43H,15-18,24H2,1-4H3,(H,53,63)(H,54,64)(H,55,65)(H,56,66). The van der Waals surface area contributed by atoms with E-state index >= 15 is 0 Å². The van der Waals surface area contributed by atoms with Gasteiger partial charge in [0.2, 0.25) is 12.1 Å². The lowest BCUT2D eigenvalue weighted by Crippen LogP contribution is -2.32. The lowest BCUT2D eigenvalue weighted by atomic mass is 10.1. The predicted molar refractivity (Wildman–Crippen MR) is 265 cm³/mol. The average Bonchev–Trinajstić information content (AvgIpc) is 3.31. The second-order valence-electron chi connectivity index (χ2n) is 14.6. The van der Waals surface area contributed by atoms with Gasteiger partial charge in [-0.15, -0.1) is 34.8 Å². The number of aryl methyl sites for hydroxylation is 2. The van der Waals surface area contributed by atoms with Crippen molar-refractivity contribution in [3.8, 4) is 11.5 Å². The summed E-state index contributed by atoms with van der Waals surface area (Å²) < 4.78 is 10.8. The summed E-state index contributed by atoms with van der Waals surface area (Å²) in [5.74, 6) is -2.37. The van der Waals surface area contributed by atoms with Gasteiger partial charge in [-0.2, -0.15) is 20.5 Å². The SMILES string of the molecule is COc1cc(NC(=O)c2cc(N=NC(C(C)=O)C(=O)Nc3ccc(NC(=O)C(N=Nc4ccc(Cl)c(C(=O)Nc5ccc(CCCl)c(OC)c5)c4)C(C)=O)c(CCl)c3)ccc2Cl)ccc1CCCl. The normalized spacial score (nSPS) is 12.0. The molecule has 0 aliphatic carbocycles. The highest BCUT2D eigenvalue weighted by Gasteiger charge is 2.26. The van der Waals surface area contributed by atoms with Gasteiger partial charge in [-0.1, -0.05) is 35.3 Å². The van der Waals surface area contributed by atoms with Crippen LogP contribution in [-0.4, -0.2) is 73.3 Å². The zero-order chi connectivity index (χ0) is 49.5. The largest absolute Gasteiger partial charge is 0.496 e. The van der Waals surface area contributed by atoms with E-state index in [-0.39, 0.29) is 49.8 Å². The van der Waals surface area contributed by atoms with Gasteiger partial charge in [-0.3, -0.25) is 28.8 Å². The Hall–Kier alpha value is -6.43. The van der Waals surface area contributed by atoms with E-state index < -0.39 is 47.3 Å². The molecule has 2 atom stereocenters. The number of nitrogens with one attached hydrogen (secondary N) is 4. The Bertz CT molecular complexity index is 2790. The fourth-order valence-corrected chi connectivity index (χ4v) is 7.39. The van der Waals surface area contributed by atoms with Crippen molar-refractivity contribution in [3.05, 3.63) is 129 Å². The Labute approximate surface area is 416 Å². The summed E-state index contributed by atoms with van der Waals surface area (Å²) in [6.07, 6.45) is 1.14. The Kier molecular flexibility index (Phi) is 19.4. The molecule has 4 amide bonds. The lowest BCUT2D eigenvalue weighted by molar-refractivity contribution is -0.127. The Morgan fingerprint density at radius 2 is 0.956 bits per heavy atom. The van der Waals surface area contributed by atoms with E-state index in [1.165, 1.54) is 68.8 Å². The first kappa shape index (κ1) is 52.5. The molecule has 0 spiro atoms. The molecule has 0 heterocycles. The number of halogens is 5. The summed E-state index contributed by atoms with van der Waals surface area (Å²) in [7, 11) is 3.02. The van der Waals surface area contributed by atoms with Crippen LogP contribution < -0.4 is 30.7 Å². The molecule has 5 rings (SSSR count). The third-order valence-corrected chi connectivity index (χ3v) is 11.2. The van der Waals surface area contributed by atoms with Crippen molar-refractivity contribution in [2.75, 3.05) is 47.2 Å². The summed E-state index contributed by atoms with van der Waals surface area (Å²) in [5, 5.41) is 27.0. The van der Waals surface area contributed by atoms with Crippen LogP contribution in [0.3, 0.4) is 0 Å². The molecule has 68 heavy (non-hydrogen) atoms. The van der Waals surface area contributed by atoms with Gasteiger partial charge in [0.15, 0.2) is 11.6 Å². The molecule has 0 saturated carbocycles. The van der Waals surface area contributed by atoms with Crippen molar-refractivity contribution >= 4 is 127 Å². The minimum absolute atomic E-state index is 0.0492. The van der Waals surface area contributed by atoms with Crippen molar-refractivity contribution in [2.24, 2.45) is 20.5 Å². The Morgan fingerprint density at radius 1 is 0.529 bits per heavy atom. The van der Waals surface area contributed by atoms with Crippen molar-refractivity contribution in [1.82, 2.24) is 0 Å². The molecule has 0 bridgehead atoms. The minimum Gasteiger partial charge on any atom is -0.496 e. The first-order valence-corrected chi connectivity index (χ1v) is 22.8. The third-order valence-electron chi connectivity index (χ3n) is 9.83. The molecule has 0 aliphatic rings. The number of carbonyl (C=O) groups is 6. The summed E-state index contributed by atoms with van der Waals surface area (Å²) in [4.78, 5) is 78.5. The number of ether oxygens (including phenoxy) is 2. The average molecular weight is 1030 g/mol. The van der Waals surface area contributed by atoms with Gasteiger partial charge < -0.3 is 30.7 Å². The van der Waals surface area contributed by atoms with Gasteiger partial charge in [-0.25, -0.2) is 0 Å². The molecule has 0 radical (unpaired) electrons. The summed E-state index contributed by atoms with van der Waals surface area (Å²) >= 11 is 30.7. The molecule has 0 aliphatic heterocycles. The monoisotopic (exact) mass is 1020 g/mol. The number of amides is 4. The number of Topliss-reactive ketones (excluding diaryl/α,β-unsaturated/α-hetero) is 2. The zero-order valence-electron chi connectivity index (χ0n) is 36.8. The van der Waals surface area contributed by atoms with Crippen LogP contribution in [0.2, 0.25) is 10.0 Å². The molecule has 4 N–H and O–H groups in total. The highest BCUT2D eigenvalue weighted by molar-refractivity contribution is 6.35. The first-order valence-electron chi connectivity index (χ1n) is 20.4. The number of benzene rings is 5. The first-order chi connectivity index (χ1) is 32.6. The second kappa shape index (κ2) is 25.1. The van der Waals surface area contributed by atoms with Crippen LogP contribution in [0.15, 0.2) is 111 Å². The highest BCUT2D eigenvalue weighted by Crippen LogP contribution is 2.30. The summed E-state index contributed by atoms with van der Waals surface area (Å²) in [6.45, 7) is 2.32. The quantitative estimate of drug-likeness (QED) is 0.0314. The van der Waals surface area contributed by atoms with Gasteiger partial charge >= 0.3 is 0 Å². The minimum atomic E-state index is -1.61. The maximum Gasteiger partial charge on any atom is 0.258 e. The predicted octanol–water partition coefficient (Wildman–Crippen LogP) is 11.2. The van der Waals surface area contributed by atoms with Crippen LogP contribution >= 0.6 is 58.0 Å². The number of azo groups is 2. The second-order valence-corrected chi connectivity index (χ2v) is 16.4. The van der Waals surface area contributed by atoms with Crippen molar-refractivity contribution < 1.29 is 38.2 Å². The maximum atomic E-state index is 13.4. The molecule has 21 heteroatoms.